The summed E-state index contributed by atoms with van der Waals surface area (Å²) in [5.74, 6) is 0. The van der Waals surface area contributed by atoms with Crippen LogP contribution in [0.5, 0.6) is 0 Å². The molecule has 1 heterocycles. The summed E-state index contributed by atoms with van der Waals surface area (Å²) in [4.78, 5) is 21.9. The van der Waals surface area contributed by atoms with Crippen molar-refractivity contribution >= 4 is 27.1 Å². The molecule has 0 atom stereocenters. The van der Waals surface area contributed by atoms with Crippen LogP contribution in [-0.2, 0) is 16.2 Å². The molecule has 0 saturated carbocycles. The molecule has 0 aliphatic carbocycles. The molecule has 166 valence electrons. The number of non-ortho nitro benzene ring substituents is 1. The van der Waals surface area contributed by atoms with Gasteiger partial charge in [-0.15, -0.1) is 0 Å². The highest BCUT2D eigenvalue weighted by atomic mass is 32.2. The van der Waals surface area contributed by atoms with E-state index in [0.717, 1.165) is 28.6 Å². The molecular formula is C17H15F3N4O6S. The first-order valence-electron chi connectivity index (χ1n) is 8.76. The zero-order valence-corrected chi connectivity index (χ0v) is 16.5. The molecular weight excluding hydrogens is 445 g/mol. The molecule has 0 radical (unpaired) electrons. The molecule has 14 heteroatoms. The van der Waals surface area contributed by atoms with Crippen LogP contribution in [0.15, 0.2) is 47.4 Å². The van der Waals surface area contributed by atoms with E-state index in [9.17, 15) is 41.8 Å². The Hall–Kier alpha value is -3.26. The van der Waals surface area contributed by atoms with Crippen molar-refractivity contribution in [3.63, 3.8) is 0 Å². The molecule has 1 aliphatic rings. The summed E-state index contributed by atoms with van der Waals surface area (Å²) in [7, 11) is -4.06. The van der Waals surface area contributed by atoms with E-state index in [1.807, 2.05) is 0 Å². The first-order valence-corrected chi connectivity index (χ1v) is 10.2. The number of sulfonamides is 1. The predicted molar refractivity (Wildman–Crippen MR) is 102 cm³/mol. The SMILES string of the molecule is O=[N+]([O-])c1ccc(N2CCN(S(=O)(=O)c3ccc(C(F)(F)F)cc3)CC2)c([N+](=O)[O-])c1. The highest BCUT2D eigenvalue weighted by molar-refractivity contribution is 7.89. The number of hydrogen-bond acceptors (Lipinski definition) is 7. The van der Waals surface area contributed by atoms with E-state index < -0.39 is 43.0 Å². The molecule has 0 unspecified atom stereocenters. The Labute approximate surface area is 173 Å². The standard InChI is InChI=1S/C17H15F3N4O6S/c18-17(19,20)12-1-4-14(5-2-12)31(29,30)22-9-7-21(8-10-22)15-6-3-13(23(25)26)11-16(15)24(27)28/h1-6,11H,7-10H2. The highest BCUT2D eigenvalue weighted by Crippen LogP contribution is 2.34. The van der Waals surface area contributed by atoms with Crippen LogP contribution >= 0.6 is 0 Å². The summed E-state index contributed by atoms with van der Waals surface area (Å²) in [6, 6.07) is 6.31. The summed E-state index contributed by atoms with van der Waals surface area (Å²) in [6.45, 7) is -0.0357. The minimum absolute atomic E-state index is 0.0541. The summed E-state index contributed by atoms with van der Waals surface area (Å²) < 4.78 is 64.6. The molecule has 0 bridgehead atoms. The molecule has 1 fully saturated rings. The normalized spacial score (nSPS) is 15.6. The van der Waals surface area contributed by atoms with Crippen LogP contribution in [0.4, 0.5) is 30.2 Å². The second-order valence-electron chi connectivity index (χ2n) is 6.60. The van der Waals surface area contributed by atoms with Crippen molar-refractivity contribution in [1.29, 1.82) is 0 Å². The monoisotopic (exact) mass is 460 g/mol. The number of nitrogens with zero attached hydrogens (tertiary/aromatic N) is 4. The van der Waals surface area contributed by atoms with E-state index in [1.54, 1.807) is 0 Å². The van der Waals surface area contributed by atoms with Gasteiger partial charge in [0, 0.05) is 32.2 Å². The number of alkyl halides is 3. The molecule has 10 nitrogen and oxygen atoms in total. The molecule has 1 saturated heterocycles. The van der Waals surface area contributed by atoms with Gasteiger partial charge in [0.1, 0.15) is 5.69 Å². The van der Waals surface area contributed by atoms with Gasteiger partial charge in [0.05, 0.1) is 26.4 Å². The molecule has 0 spiro atoms. The fourth-order valence-corrected chi connectivity index (χ4v) is 4.60. The Morgan fingerprint density at radius 1 is 0.871 bits per heavy atom. The third-order valence-electron chi connectivity index (χ3n) is 4.77. The van der Waals surface area contributed by atoms with Crippen LogP contribution in [0.3, 0.4) is 0 Å². The van der Waals surface area contributed by atoms with Gasteiger partial charge in [-0.1, -0.05) is 0 Å². The molecule has 0 amide bonds. The number of nitro groups is 2. The van der Waals surface area contributed by atoms with E-state index in [2.05, 4.69) is 0 Å². The minimum Gasteiger partial charge on any atom is -0.363 e. The van der Waals surface area contributed by atoms with Gasteiger partial charge in [-0.25, -0.2) is 8.42 Å². The molecule has 0 N–H and O–H groups in total. The average Bonchev–Trinajstić information content (AvgIpc) is 2.72. The summed E-state index contributed by atoms with van der Waals surface area (Å²) in [5, 5.41) is 22.2. The third-order valence-corrected chi connectivity index (χ3v) is 6.68. The van der Waals surface area contributed by atoms with E-state index in [0.29, 0.717) is 12.1 Å². The average molecular weight is 460 g/mol. The van der Waals surface area contributed by atoms with Crippen molar-refractivity contribution in [2.45, 2.75) is 11.1 Å². The van der Waals surface area contributed by atoms with Gasteiger partial charge in [0.15, 0.2) is 0 Å². The summed E-state index contributed by atoms with van der Waals surface area (Å²) in [5.41, 5.74) is -1.78. The van der Waals surface area contributed by atoms with Gasteiger partial charge < -0.3 is 4.90 Å². The maximum Gasteiger partial charge on any atom is 0.416 e. The van der Waals surface area contributed by atoms with Crippen LogP contribution in [0.25, 0.3) is 0 Å². The molecule has 31 heavy (non-hydrogen) atoms. The summed E-state index contributed by atoms with van der Waals surface area (Å²) in [6.07, 6.45) is -4.59. The Bertz CT molecular complexity index is 1110. The first-order chi connectivity index (χ1) is 14.4. The van der Waals surface area contributed by atoms with E-state index in [-0.39, 0.29) is 36.8 Å². The van der Waals surface area contributed by atoms with Crippen molar-refractivity contribution < 1.29 is 31.4 Å². The first kappa shape index (κ1) is 22.4. The van der Waals surface area contributed by atoms with Crippen molar-refractivity contribution in [3.05, 3.63) is 68.3 Å². The summed E-state index contributed by atoms with van der Waals surface area (Å²) >= 11 is 0. The van der Waals surface area contributed by atoms with Crippen molar-refractivity contribution in [2.75, 3.05) is 31.1 Å². The van der Waals surface area contributed by atoms with Crippen molar-refractivity contribution in [2.24, 2.45) is 0 Å². The van der Waals surface area contributed by atoms with Gasteiger partial charge in [0.2, 0.25) is 10.0 Å². The molecule has 3 rings (SSSR count). The van der Waals surface area contributed by atoms with Gasteiger partial charge >= 0.3 is 6.18 Å². The zero-order chi connectivity index (χ0) is 23.0. The van der Waals surface area contributed by atoms with Crippen molar-refractivity contribution in [3.8, 4) is 0 Å². The van der Waals surface area contributed by atoms with Crippen LogP contribution in [-0.4, -0.2) is 48.7 Å². The Morgan fingerprint density at radius 2 is 1.45 bits per heavy atom. The molecule has 2 aromatic rings. The second kappa shape index (κ2) is 8.11. The predicted octanol–water partition coefficient (Wildman–Crippen LogP) is 3.03. The van der Waals surface area contributed by atoms with Gasteiger partial charge in [-0.2, -0.15) is 17.5 Å². The van der Waals surface area contributed by atoms with Crippen LogP contribution in [0.2, 0.25) is 0 Å². The third kappa shape index (κ3) is 4.59. The lowest BCUT2D eigenvalue weighted by molar-refractivity contribution is -0.393. The highest BCUT2D eigenvalue weighted by Gasteiger charge is 2.33. The van der Waals surface area contributed by atoms with E-state index >= 15 is 0 Å². The van der Waals surface area contributed by atoms with Crippen molar-refractivity contribution in [1.82, 2.24) is 4.31 Å². The van der Waals surface area contributed by atoms with Crippen LogP contribution < -0.4 is 4.90 Å². The molecule has 0 aromatic heterocycles. The van der Waals surface area contributed by atoms with Crippen LogP contribution in [0.1, 0.15) is 5.56 Å². The number of rotatable bonds is 5. The number of hydrogen-bond donors (Lipinski definition) is 0. The topological polar surface area (TPSA) is 127 Å². The van der Waals surface area contributed by atoms with Gasteiger partial charge in [-0.05, 0) is 30.3 Å². The van der Waals surface area contributed by atoms with Gasteiger partial charge in [0.25, 0.3) is 11.4 Å². The Balaban J connectivity index is 1.77. The molecule has 2 aromatic carbocycles. The number of benzene rings is 2. The maximum absolute atomic E-state index is 12.7. The number of piperazine rings is 1. The molecule has 1 aliphatic heterocycles. The lowest BCUT2D eigenvalue weighted by Crippen LogP contribution is -2.48. The Morgan fingerprint density at radius 3 is 1.94 bits per heavy atom. The van der Waals surface area contributed by atoms with Gasteiger partial charge in [-0.3, -0.25) is 20.2 Å². The fraction of sp³-hybridized carbons (Fsp3) is 0.294. The lowest BCUT2D eigenvalue weighted by Gasteiger charge is -2.35. The largest absolute Gasteiger partial charge is 0.416 e. The lowest BCUT2D eigenvalue weighted by atomic mass is 10.2. The minimum atomic E-state index is -4.59. The van der Waals surface area contributed by atoms with E-state index in [4.69, 9.17) is 0 Å². The van der Waals surface area contributed by atoms with Crippen LogP contribution in [0, 0.1) is 20.2 Å². The second-order valence-corrected chi connectivity index (χ2v) is 8.54. The zero-order valence-electron chi connectivity index (χ0n) is 15.7. The number of anilines is 1. The van der Waals surface area contributed by atoms with E-state index in [1.165, 1.54) is 11.0 Å². The smallest absolute Gasteiger partial charge is 0.363 e. The fourth-order valence-electron chi connectivity index (χ4n) is 3.17. The number of nitro benzene ring substituents is 2. The Kier molecular flexibility index (Phi) is 5.87. The maximum atomic E-state index is 12.7. The quantitative estimate of drug-likeness (QED) is 0.496. The number of halogens is 3.